The minimum Gasteiger partial charge on any atom is -0.493 e. The molecule has 1 unspecified atom stereocenters. The third kappa shape index (κ3) is 5.82. The molecule has 7 heteroatoms. The molecule has 0 aliphatic rings. The number of ether oxygens (including phenoxy) is 2. The predicted octanol–water partition coefficient (Wildman–Crippen LogP) is 1.29. The van der Waals surface area contributed by atoms with Crippen molar-refractivity contribution in [2.45, 2.75) is 19.4 Å². The van der Waals surface area contributed by atoms with Gasteiger partial charge in [-0.15, -0.1) is 0 Å². The second-order valence-corrected chi connectivity index (χ2v) is 3.84. The van der Waals surface area contributed by atoms with Gasteiger partial charge >= 0.3 is 5.97 Å². The molecule has 0 bridgehead atoms. The Bertz CT molecular complexity index is 430. The average molecular weight is 269 g/mol. The Kier molecular flexibility index (Phi) is 5.74. The van der Waals surface area contributed by atoms with E-state index in [0.29, 0.717) is 12.2 Å². The molecule has 0 saturated heterocycles. The SMILES string of the molecule is CC(=O)OCC(O)CCOc1ccc([N+](=O)[O-])cc1. The second kappa shape index (κ2) is 7.32. The van der Waals surface area contributed by atoms with Crippen LogP contribution in [0.2, 0.25) is 0 Å². The zero-order valence-electron chi connectivity index (χ0n) is 10.4. The van der Waals surface area contributed by atoms with Gasteiger partial charge in [-0.25, -0.2) is 0 Å². The molecule has 0 saturated carbocycles. The lowest BCUT2D eigenvalue weighted by Crippen LogP contribution is -2.19. The fourth-order valence-electron chi connectivity index (χ4n) is 1.27. The topological polar surface area (TPSA) is 98.9 Å². The second-order valence-electron chi connectivity index (χ2n) is 3.84. The minimum absolute atomic E-state index is 0.0118. The molecule has 19 heavy (non-hydrogen) atoms. The molecule has 1 aromatic carbocycles. The number of aliphatic hydroxyl groups excluding tert-OH is 1. The third-order valence-corrected chi connectivity index (χ3v) is 2.25. The Morgan fingerprint density at radius 3 is 2.58 bits per heavy atom. The summed E-state index contributed by atoms with van der Waals surface area (Å²) in [5, 5.41) is 19.9. The first-order valence-corrected chi connectivity index (χ1v) is 5.67. The van der Waals surface area contributed by atoms with Crippen LogP contribution in [0.3, 0.4) is 0 Å². The van der Waals surface area contributed by atoms with E-state index in [-0.39, 0.29) is 18.9 Å². The molecule has 1 atom stereocenters. The fourth-order valence-corrected chi connectivity index (χ4v) is 1.27. The summed E-state index contributed by atoms with van der Waals surface area (Å²) in [6, 6.07) is 5.64. The molecule has 1 aromatic rings. The lowest BCUT2D eigenvalue weighted by molar-refractivity contribution is -0.384. The number of carbonyl (C=O) groups is 1. The van der Waals surface area contributed by atoms with Crippen molar-refractivity contribution in [1.29, 1.82) is 0 Å². The monoisotopic (exact) mass is 269 g/mol. The lowest BCUT2D eigenvalue weighted by atomic mass is 10.3. The Hall–Kier alpha value is -2.15. The van der Waals surface area contributed by atoms with E-state index in [1.54, 1.807) is 0 Å². The molecule has 0 spiro atoms. The predicted molar refractivity (Wildman–Crippen MR) is 65.8 cm³/mol. The Labute approximate surface area is 109 Å². The first kappa shape index (κ1) is 14.9. The highest BCUT2D eigenvalue weighted by Gasteiger charge is 2.08. The highest BCUT2D eigenvalue weighted by atomic mass is 16.6. The van der Waals surface area contributed by atoms with Crippen LogP contribution >= 0.6 is 0 Å². The van der Waals surface area contributed by atoms with Gasteiger partial charge in [0.05, 0.1) is 17.6 Å². The van der Waals surface area contributed by atoms with Crippen LogP contribution < -0.4 is 4.74 Å². The summed E-state index contributed by atoms with van der Waals surface area (Å²) in [4.78, 5) is 20.5. The van der Waals surface area contributed by atoms with Gasteiger partial charge in [-0.1, -0.05) is 0 Å². The number of hydrogen-bond acceptors (Lipinski definition) is 6. The number of benzene rings is 1. The van der Waals surface area contributed by atoms with Gasteiger partial charge in [0.1, 0.15) is 12.4 Å². The van der Waals surface area contributed by atoms with Gasteiger partial charge < -0.3 is 14.6 Å². The van der Waals surface area contributed by atoms with Crippen molar-refractivity contribution < 1.29 is 24.3 Å². The molecule has 0 amide bonds. The fraction of sp³-hybridized carbons (Fsp3) is 0.417. The van der Waals surface area contributed by atoms with E-state index >= 15 is 0 Å². The van der Waals surface area contributed by atoms with Crippen LogP contribution in [0.5, 0.6) is 5.75 Å². The Morgan fingerprint density at radius 1 is 1.42 bits per heavy atom. The first-order valence-electron chi connectivity index (χ1n) is 5.67. The largest absolute Gasteiger partial charge is 0.493 e. The van der Waals surface area contributed by atoms with Gasteiger partial charge in [-0.3, -0.25) is 14.9 Å². The maximum Gasteiger partial charge on any atom is 0.302 e. The van der Waals surface area contributed by atoms with Crippen LogP contribution in [-0.2, 0) is 9.53 Å². The molecule has 0 aromatic heterocycles. The van der Waals surface area contributed by atoms with E-state index in [4.69, 9.17) is 4.74 Å². The third-order valence-electron chi connectivity index (χ3n) is 2.25. The molecular weight excluding hydrogens is 254 g/mol. The number of nitro groups is 1. The Balaban J connectivity index is 2.29. The Morgan fingerprint density at radius 2 is 2.05 bits per heavy atom. The highest BCUT2D eigenvalue weighted by Crippen LogP contribution is 2.17. The lowest BCUT2D eigenvalue weighted by Gasteiger charge is -2.11. The quantitative estimate of drug-likeness (QED) is 0.455. The van der Waals surface area contributed by atoms with Gasteiger partial charge in [0.25, 0.3) is 5.69 Å². The summed E-state index contributed by atoms with van der Waals surface area (Å²) in [5.41, 5.74) is -0.0118. The van der Waals surface area contributed by atoms with Gasteiger partial charge in [0.2, 0.25) is 0 Å². The van der Waals surface area contributed by atoms with Crippen LogP contribution in [0.1, 0.15) is 13.3 Å². The normalized spacial score (nSPS) is 11.7. The van der Waals surface area contributed by atoms with Crippen LogP contribution in [0, 0.1) is 10.1 Å². The number of aliphatic hydroxyl groups is 1. The summed E-state index contributed by atoms with van der Waals surface area (Å²) >= 11 is 0. The van der Waals surface area contributed by atoms with Crippen molar-refractivity contribution in [3.63, 3.8) is 0 Å². The number of esters is 1. The smallest absolute Gasteiger partial charge is 0.302 e. The van der Waals surface area contributed by atoms with Crippen molar-refractivity contribution in [1.82, 2.24) is 0 Å². The van der Waals surface area contributed by atoms with Crippen molar-refractivity contribution in [3.05, 3.63) is 34.4 Å². The average Bonchev–Trinajstić information content (AvgIpc) is 2.37. The number of nitrogens with zero attached hydrogens (tertiary/aromatic N) is 1. The number of nitro benzene ring substituents is 1. The molecule has 0 aliphatic carbocycles. The molecule has 1 N–H and O–H groups in total. The molecule has 0 heterocycles. The van der Waals surface area contributed by atoms with E-state index < -0.39 is 17.0 Å². The first-order chi connectivity index (χ1) is 8.99. The van der Waals surface area contributed by atoms with E-state index in [1.807, 2.05) is 0 Å². The maximum atomic E-state index is 10.5. The minimum atomic E-state index is -0.790. The molecule has 0 aliphatic heterocycles. The summed E-state index contributed by atoms with van der Waals surface area (Å²) < 4.78 is 9.92. The molecule has 0 fully saturated rings. The van der Waals surface area contributed by atoms with Crippen LogP contribution in [0.25, 0.3) is 0 Å². The van der Waals surface area contributed by atoms with Crippen LogP contribution in [0.15, 0.2) is 24.3 Å². The number of hydrogen-bond donors (Lipinski definition) is 1. The van der Waals surface area contributed by atoms with Gasteiger partial charge in [-0.05, 0) is 12.1 Å². The van der Waals surface area contributed by atoms with E-state index in [0.717, 1.165) is 0 Å². The summed E-state index contributed by atoms with van der Waals surface area (Å²) in [5.74, 6) is 0.0284. The summed E-state index contributed by atoms with van der Waals surface area (Å²) in [6.45, 7) is 1.42. The van der Waals surface area contributed by atoms with Crippen molar-refractivity contribution in [2.24, 2.45) is 0 Å². The van der Waals surface area contributed by atoms with Crippen molar-refractivity contribution in [3.8, 4) is 5.75 Å². The summed E-state index contributed by atoms with van der Waals surface area (Å²) in [6.07, 6.45) is -0.494. The zero-order chi connectivity index (χ0) is 14.3. The number of non-ortho nitro benzene ring substituents is 1. The van der Waals surface area contributed by atoms with Crippen LogP contribution in [0.4, 0.5) is 5.69 Å². The van der Waals surface area contributed by atoms with Gasteiger partial charge in [-0.2, -0.15) is 0 Å². The van der Waals surface area contributed by atoms with E-state index in [9.17, 15) is 20.0 Å². The van der Waals surface area contributed by atoms with Crippen molar-refractivity contribution >= 4 is 11.7 Å². The number of carbonyl (C=O) groups excluding carboxylic acids is 1. The molecular formula is C12H15NO6. The molecule has 0 radical (unpaired) electrons. The van der Waals surface area contributed by atoms with E-state index in [1.165, 1.54) is 31.2 Å². The van der Waals surface area contributed by atoms with Crippen LogP contribution in [-0.4, -0.2) is 35.3 Å². The number of rotatable bonds is 7. The van der Waals surface area contributed by atoms with E-state index in [2.05, 4.69) is 4.74 Å². The standard InChI is InChI=1S/C12H15NO6/c1-9(14)19-8-11(15)6-7-18-12-4-2-10(3-5-12)13(16)17/h2-5,11,15H,6-8H2,1H3. The highest BCUT2D eigenvalue weighted by molar-refractivity contribution is 5.65. The van der Waals surface area contributed by atoms with Crippen molar-refractivity contribution in [2.75, 3.05) is 13.2 Å². The van der Waals surface area contributed by atoms with Gasteiger partial charge in [0, 0.05) is 25.5 Å². The molecule has 1 rings (SSSR count). The van der Waals surface area contributed by atoms with Gasteiger partial charge in [0.15, 0.2) is 0 Å². The maximum absolute atomic E-state index is 10.5. The molecule has 104 valence electrons. The molecule has 7 nitrogen and oxygen atoms in total. The zero-order valence-corrected chi connectivity index (χ0v) is 10.4. The summed E-state index contributed by atoms with van der Waals surface area (Å²) in [7, 11) is 0.